The van der Waals surface area contributed by atoms with E-state index in [2.05, 4.69) is 25.5 Å². The van der Waals surface area contributed by atoms with Crippen molar-refractivity contribution in [2.24, 2.45) is 0 Å². The van der Waals surface area contributed by atoms with E-state index in [0.29, 0.717) is 23.0 Å². The molecule has 4 rings (SSSR count). The molecule has 0 aliphatic carbocycles. The number of H-pyrrole nitrogens is 1. The molecule has 0 spiro atoms. The van der Waals surface area contributed by atoms with Crippen LogP contribution in [0.3, 0.4) is 0 Å². The molecule has 2 aromatic heterocycles. The third kappa shape index (κ3) is 3.16. The minimum atomic E-state index is -0.371. The number of nitrogen functional groups attached to an aromatic ring is 1. The summed E-state index contributed by atoms with van der Waals surface area (Å²) in [7, 11) is 0. The van der Waals surface area contributed by atoms with E-state index in [0.717, 1.165) is 22.0 Å². The fourth-order valence-electron chi connectivity index (χ4n) is 3.01. The zero-order chi connectivity index (χ0) is 19.7. The molecule has 2 heterocycles. The maximum absolute atomic E-state index is 12.4. The van der Waals surface area contributed by atoms with Crippen molar-refractivity contribution in [2.45, 2.75) is 6.92 Å². The van der Waals surface area contributed by atoms with E-state index in [9.17, 15) is 4.79 Å². The average Bonchev–Trinajstić information content (AvgIpc) is 3.18. The Morgan fingerprint density at radius 3 is 2.64 bits per heavy atom. The number of amides is 1. The number of halogens is 1. The summed E-state index contributed by atoms with van der Waals surface area (Å²) in [6, 6.07) is 13.2. The van der Waals surface area contributed by atoms with Gasteiger partial charge in [-0.3, -0.25) is 9.89 Å². The lowest BCUT2D eigenvalue weighted by Crippen LogP contribution is -2.25. The Hall–Kier alpha value is -3.45. The monoisotopic (exact) mass is 392 g/mol. The molecule has 0 aliphatic heterocycles. The van der Waals surface area contributed by atoms with E-state index in [1.165, 1.54) is 0 Å². The van der Waals surface area contributed by atoms with E-state index in [1.54, 1.807) is 12.3 Å². The minimum absolute atomic E-state index is 0.0732. The van der Waals surface area contributed by atoms with Gasteiger partial charge in [0.2, 0.25) is 0 Å². The van der Waals surface area contributed by atoms with E-state index < -0.39 is 0 Å². The first-order valence-electron chi connectivity index (χ1n) is 8.72. The topological polar surface area (TPSA) is 110 Å². The van der Waals surface area contributed by atoms with Gasteiger partial charge in [0.25, 0.3) is 5.91 Å². The van der Waals surface area contributed by atoms with Crippen LogP contribution in [-0.2, 0) is 0 Å². The third-order valence-corrected chi connectivity index (χ3v) is 4.59. The molecule has 0 saturated carbocycles. The summed E-state index contributed by atoms with van der Waals surface area (Å²) in [5.74, 6) is -0.298. The Morgan fingerprint density at radius 1 is 1.14 bits per heavy atom. The van der Waals surface area contributed by atoms with Gasteiger partial charge in [-0.15, -0.1) is 0 Å². The van der Waals surface area contributed by atoms with Crippen LogP contribution in [0.15, 0.2) is 48.7 Å². The lowest BCUT2D eigenvalue weighted by Gasteiger charge is -2.13. The number of aromatic amines is 1. The van der Waals surface area contributed by atoms with Crippen molar-refractivity contribution in [3.8, 4) is 22.5 Å². The van der Waals surface area contributed by atoms with Crippen LogP contribution in [0.4, 0.5) is 5.82 Å². The first-order chi connectivity index (χ1) is 13.6. The highest BCUT2D eigenvalue weighted by molar-refractivity contribution is 6.35. The predicted molar refractivity (Wildman–Crippen MR) is 110 cm³/mol. The second-order valence-electron chi connectivity index (χ2n) is 6.17. The molecule has 0 bridgehead atoms. The van der Waals surface area contributed by atoms with E-state index in [4.69, 9.17) is 17.3 Å². The standard InChI is InChI=1S/C20H17ClN6O/c1-2-23-20(28)18-19(22)26-16(11-6-4-3-5-7-11)17(25-18)12-8-13-10-24-27-15(13)14(21)9-12/h3-10H,2H2,1H3,(H2,22,26)(H,23,28)(H,24,27). The van der Waals surface area contributed by atoms with Crippen LogP contribution >= 0.6 is 11.6 Å². The van der Waals surface area contributed by atoms with Crippen LogP contribution in [-0.4, -0.2) is 32.6 Å². The molecule has 0 saturated heterocycles. The summed E-state index contributed by atoms with van der Waals surface area (Å²) in [6.07, 6.45) is 1.68. The maximum Gasteiger partial charge on any atom is 0.273 e. The summed E-state index contributed by atoms with van der Waals surface area (Å²) in [6.45, 7) is 2.29. The Kier molecular flexibility index (Phi) is 4.67. The van der Waals surface area contributed by atoms with Crippen molar-refractivity contribution >= 4 is 34.2 Å². The van der Waals surface area contributed by atoms with Crippen molar-refractivity contribution in [2.75, 3.05) is 12.3 Å². The number of carbonyl (C=O) groups is 1. The van der Waals surface area contributed by atoms with Gasteiger partial charge in [-0.2, -0.15) is 5.10 Å². The zero-order valence-electron chi connectivity index (χ0n) is 15.0. The van der Waals surface area contributed by atoms with Crippen LogP contribution in [0.2, 0.25) is 5.02 Å². The quantitative estimate of drug-likeness (QED) is 0.490. The molecular weight excluding hydrogens is 376 g/mol. The Balaban J connectivity index is 1.98. The van der Waals surface area contributed by atoms with Gasteiger partial charge < -0.3 is 11.1 Å². The molecule has 0 aliphatic rings. The molecule has 4 aromatic rings. The third-order valence-electron chi connectivity index (χ3n) is 4.30. The number of nitrogens with two attached hydrogens (primary N) is 1. The minimum Gasteiger partial charge on any atom is -0.382 e. The summed E-state index contributed by atoms with van der Waals surface area (Å²) in [5.41, 5.74) is 9.53. The van der Waals surface area contributed by atoms with Gasteiger partial charge in [0.15, 0.2) is 11.5 Å². The first-order valence-corrected chi connectivity index (χ1v) is 9.10. The van der Waals surface area contributed by atoms with Crippen LogP contribution in [0.5, 0.6) is 0 Å². The van der Waals surface area contributed by atoms with Crippen molar-refractivity contribution in [1.82, 2.24) is 25.5 Å². The molecular formula is C20H17ClN6O. The van der Waals surface area contributed by atoms with Crippen LogP contribution in [0, 0.1) is 0 Å². The van der Waals surface area contributed by atoms with E-state index >= 15 is 0 Å². The number of fused-ring (bicyclic) bond motifs is 1. The molecule has 0 radical (unpaired) electrons. The molecule has 1 amide bonds. The fourth-order valence-corrected chi connectivity index (χ4v) is 3.28. The summed E-state index contributed by atoms with van der Waals surface area (Å²) in [5, 5.41) is 10.9. The molecule has 2 aromatic carbocycles. The summed E-state index contributed by atoms with van der Waals surface area (Å²) >= 11 is 6.41. The van der Waals surface area contributed by atoms with Crippen molar-refractivity contribution in [3.05, 3.63) is 59.4 Å². The fraction of sp³-hybridized carbons (Fsp3) is 0.100. The van der Waals surface area contributed by atoms with Gasteiger partial charge in [0, 0.05) is 23.1 Å². The normalized spacial score (nSPS) is 10.9. The van der Waals surface area contributed by atoms with Crippen LogP contribution in [0.25, 0.3) is 33.4 Å². The number of nitrogens with zero attached hydrogens (tertiary/aromatic N) is 3. The number of benzene rings is 2. The first kappa shape index (κ1) is 17.9. The van der Waals surface area contributed by atoms with Gasteiger partial charge in [0.05, 0.1) is 28.1 Å². The number of hydrogen-bond donors (Lipinski definition) is 3. The van der Waals surface area contributed by atoms with Crippen molar-refractivity contribution in [1.29, 1.82) is 0 Å². The number of anilines is 1. The van der Waals surface area contributed by atoms with Gasteiger partial charge in [-0.1, -0.05) is 41.9 Å². The maximum atomic E-state index is 12.4. The highest BCUT2D eigenvalue weighted by Gasteiger charge is 2.20. The molecule has 4 N–H and O–H groups in total. The average molecular weight is 393 g/mol. The molecule has 0 fully saturated rings. The smallest absolute Gasteiger partial charge is 0.273 e. The lowest BCUT2D eigenvalue weighted by atomic mass is 10.0. The summed E-state index contributed by atoms with van der Waals surface area (Å²) in [4.78, 5) is 21.5. The second kappa shape index (κ2) is 7.28. The highest BCUT2D eigenvalue weighted by Crippen LogP contribution is 2.34. The highest BCUT2D eigenvalue weighted by atomic mass is 35.5. The van der Waals surface area contributed by atoms with Crippen LogP contribution in [0.1, 0.15) is 17.4 Å². The molecule has 7 nitrogen and oxygen atoms in total. The molecule has 28 heavy (non-hydrogen) atoms. The van der Waals surface area contributed by atoms with Gasteiger partial charge in [-0.25, -0.2) is 9.97 Å². The van der Waals surface area contributed by atoms with Crippen molar-refractivity contribution in [3.63, 3.8) is 0 Å². The van der Waals surface area contributed by atoms with Gasteiger partial charge >= 0.3 is 0 Å². The largest absolute Gasteiger partial charge is 0.382 e. The van der Waals surface area contributed by atoms with Crippen molar-refractivity contribution < 1.29 is 4.79 Å². The number of hydrogen-bond acceptors (Lipinski definition) is 5. The molecule has 0 unspecified atom stereocenters. The van der Waals surface area contributed by atoms with E-state index in [1.807, 2.05) is 43.3 Å². The second-order valence-corrected chi connectivity index (χ2v) is 6.58. The predicted octanol–water partition coefficient (Wildman–Crippen LogP) is 3.67. The molecule has 8 heteroatoms. The number of aromatic nitrogens is 4. The lowest BCUT2D eigenvalue weighted by molar-refractivity contribution is 0.0951. The van der Waals surface area contributed by atoms with Gasteiger partial charge in [0.1, 0.15) is 0 Å². The molecule has 0 atom stereocenters. The number of nitrogens with one attached hydrogen (secondary N) is 2. The Labute approximate surface area is 166 Å². The number of rotatable bonds is 4. The Bertz CT molecular complexity index is 1170. The Morgan fingerprint density at radius 2 is 1.89 bits per heavy atom. The van der Waals surface area contributed by atoms with E-state index in [-0.39, 0.29) is 17.4 Å². The van der Waals surface area contributed by atoms with Crippen LogP contribution < -0.4 is 11.1 Å². The number of carbonyl (C=O) groups excluding carboxylic acids is 1. The SMILES string of the molecule is CCNC(=O)c1nc(-c2cc(Cl)c3[nH]ncc3c2)c(-c2ccccc2)nc1N. The summed E-state index contributed by atoms with van der Waals surface area (Å²) < 4.78 is 0. The molecule has 140 valence electrons. The van der Waals surface area contributed by atoms with Gasteiger partial charge in [-0.05, 0) is 19.1 Å². The zero-order valence-corrected chi connectivity index (χ0v) is 15.8.